The smallest absolute Gasteiger partial charge is 0.0166 e. The van der Waals surface area contributed by atoms with Gasteiger partial charge in [0.1, 0.15) is 0 Å². The normalized spacial score (nSPS) is 15.9. The van der Waals surface area contributed by atoms with Crippen molar-refractivity contribution in [2.75, 3.05) is 0 Å². The van der Waals surface area contributed by atoms with Crippen LogP contribution in [0.4, 0.5) is 0 Å². The summed E-state index contributed by atoms with van der Waals surface area (Å²) in [6.45, 7) is 16.1. The number of allylic oxidation sites excluding steroid dienone is 1. The minimum atomic E-state index is 0.0408. The van der Waals surface area contributed by atoms with Crippen LogP contribution in [0, 0.1) is 27.4 Å². The van der Waals surface area contributed by atoms with E-state index in [1.54, 1.807) is 0 Å². The zero-order valence-corrected chi connectivity index (χ0v) is 11.9. The monoisotopic (exact) mass is 259 g/mol. The first-order valence-electron chi connectivity index (χ1n) is 7.01. The fraction of sp³-hybridized carbons (Fsp3) is 0.200. The van der Waals surface area contributed by atoms with Crippen molar-refractivity contribution in [1.82, 2.24) is 0 Å². The van der Waals surface area contributed by atoms with Gasteiger partial charge in [0.05, 0.1) is 0 Å². The van der Waals surface area contributed by atoms with Crippen molar-refractivity contribution in [3.63, 3.8) is 0 Å². The van der Waals surface area contributed by atoms with E-state index in [1.807, 2.05) is 0 Å². The van der Waals surface area contributed by atoms with Crippen molar-refractivity contribution in [1.29, 1.82) is 0 Å². The molecule has 0 atom stereocenters. The van der Waals surface area contributed by atoms with Crippen LogP contribution in [0.15, 0.2) is 48.0 Å². The van der Waals surface area contributed by atoms with Crippen LogP contribution in [0.1, 0.15) is 29.5 Å². The molecule has 20 heavy (non-hydrogen) atoms. The van der Waals surface area contributed by atoms with E-state index in [4.69, 9.17) is 6.58 Å². The Morgan fingerprint density at radius 2 is 1.75 bits per heavy atom. The van der Waals surface area contributed by atoms with Gasteiger partial charge in [-0.3, -0.25) is 0 Å². The van der Waals surface area contributed by atoms with E-state index in [-0.39, 0.29) is 5.41 Å². The van der Waals surface area contributed by atoms with E-state index in [0.717, 1.165) is 24.0 Å². The third kappa shape index (κ3) is 2.10. The quantitative estimate of drug-likeness (QED) is 0.722. The van der Waals surface area contributed by atoms with Crippen molar-refractivity contribution < 1.29 is 0 Å². The molecule has 0 nitrogen and oxygen atoms in total. The van der Waals surface area contributed by atoms with Gasteiger partial charge in [0.25, 0.3) is 0 Å². The Morgan fingerprint density at radius 1 is 1.10 bits per heavy atom. The number of rotatable bonds is 3. The van der Waals surface area contributed by atoms with E-state index in [9.17, 15) is 0 Å². The Morgan fingerprint density at radius 3 is 2.25 bits per heavy atom. The van der Waals surface area contributed by atoms with Gasteiger partial charge in [-0.2, -0.15) is 0 Å². The summed E-state index contributed by atoms with van der Waals surface area (Å²) in [5.41, 5.74) is 6.83. The summed E-state index contributed by atoms with van der Waals surface area (Å²) in [4.78, 5) is 0. The lowest BCUT2D eigenvalue weighted by atomic mass is 9.88. The fourth-order valence-corrected chi connectivity index (χ4v) is 2.89. The summed E-state index contributed by atoms with van der Waals surface area (Å²) in [7, 11) is 0. The number of hydrogen-bond acceptors (Lipinski definition) is 0. The molecule has 0 amide bonds. The van der Waals surface area contributed by atoms with Gasteiger partial charge in [-0.25, -0.2) is 0 Å². The van der Waals surface area contributed by atoms with Gasteiger partial charge in [-0.05, 0) is 55.9 Å². The molecule has 1 aliphatic rings. The van der Waals surface area contributed by atoms with Crippen LogP contribution in [0.3, 0.4) is 0 Å². The maximum absolute atomic E-state index is 5.95. The van der Waals surface area contributed by atoms with E-state index < -0.39 is 0 Å². The molecule has 1 aliphatic carbocycles. The molecule has 2 aromatic carbocycles. The third-order valence-electron chi connectivity index (χ3n) is 4.37. The highest BCUT2D eigenvalue weighted by atomic mass is 14.5. The second-order valence-corrected chi connectivity index (χ2v) is 5.85. The first-order chi connectivity index (χ1) is 9.53. The minimum Gasteiger partial charge on any atom is -0.0622 e. The maximum atomic E-state index is 5.95. The first kappa shape index (κ1) is 13.2. The average Bonchev–Trinajstić information content (AvgIpc) is 3.20. The predicted molar refractivity (Wildman–Crippen MR) is 85.2 cm³/mol. The van der Waals surface area contributed by atoms with E-state index >= 15 is 0 Å². The summed E-state index contributed by atoms with van der Waals surface area (Å²) in [5, 5.41) is 0. The zero-order valence-electron chi connectivity index (χ0n) is 11.9. The highest BCUT2D eigenvalue weighted by Gasteiger charge is 2.44. The Hall–Kier alpha value is -1.82. The Bertz CT molecular complexity index is 655. The molecular formula is C20H19. The van der Waals surface area contributed by atoms with Gasteiger partial charge in [-0.15, -0.1) is 0 Å². The molecule has 0 N–H and O–H groups in total. The van der Waals surface area contributed by atoms with E-state index in [1.165, 1.54) is 22.3 Å². The van der Waals surface area contributed by atoms with Crippen LogP contribution >= 0.6 is 0 Å². The summed E-state index contributed by atoms with van der Waals surface area (Å²) in [6, 6.07) is 15.1. The molecule has 3 radical (unpaired) electrons. The minimum absolute atomic E-state index is 0.0408. The second-order valence-electron chi connectivity index (χ2n) is 5.85. The summed E-state index contributed by atoms with van der Waals surface area (Å²) < 4.78 is 0. The topological polar surface area (TPSA) is 0 Å². The second kappa shape index (κ2) is 4.63. The molecule has 0 heteroatoms. The summed E-state index contributed by atoms with van der Waals surface area (Å²) in [6.07, 6.45) is 2.24. The number of aryl methyl sites for hydroxylation is 1. The lowest BCUT2D eigenvalue weighted by molar-refractivity contribution is 0.847. The van der Waals surface area contributed by atoms with E-state index in [0.29, 0.717) is 0 Å². The first-order valence-corrected chi connectivity index (χ1v) is 7.01. The molecule has 0 spiro atoms. The molecule has 0 saturated heterocycles. The van der Waals surface area contributed by atoms with Crippen LogP contribution in [0.5, 0.6) is 0 Å². The fourth-order valence-electron chi connectivity index (χ4n) is 2.89. The van der Waals surface area contributed by atoms with Crippen molar-refractivity contribution in [3.8, 4) is 11.1 Å². The highest BCUT2D eigenvalue weighted by Crippen LogP contribution is 2.53. The molecule has 0 aromatic heterocycles. The molecule has 3 rings (SSSR count). The average molecular weight is 259 g/mol. The van der Waals surface area contributed by atoms with Crippen molar-refractivity contribution in [2.45, 2.75) is 25.2 Å². The van der Waals surface area contributed by atoms with Crippen LogP contribution in [0.2, 0.25) is 0 Å². The zero-order chi connectivity index (χ0) is 14.3. The van der Waals surface area contributed by atoms with E-state index in [2.05, 4.69) is 63.2 Å². The largest absolute Gasteiger partial charge is 0.0622 e. The molecule has 1 saturated carbocycles. The predicted octanol–water partition coefficient (Wildman–Crippen LogP) is 5.07. The molecule has 0 aliphatic heterocycles. The van der Waals surface area contributed by atoms with Crippen molar-refractivity contribution in [2.24, 2.45) is 0 Å². The van der Waals surface area contributed by atoms with Crippen molar-refractivity contribution >= 4 is 0 Å². The lowest BCUT2D eigenvalue weighted by Crippen LogP contribution is -2.07. The number of benzene rings is 2. The van der Waals surface area contributed by atoms with Crippen molar-refractivity contribution in [3.05, 3.63) is 85.2 Å². The van der Waals surface area contributed by atoms with Gasteiger partial charge >= 0.3 is 0 Å². The van der Waals surface area contributed by atoms with Crippen LogP contribution < -0.4 is 0 Å². The van der Waals surface area contributed by atoms with Crippen LogP contribution in [0.25, 0.3) is 11.1 Å². The molecule has 2 aromatic rings. The standard InChI is InChI=1S/C20H19/c1-14(2)20(11-12-20)18-8-6-17(7-9-18)19-10-5-15(3)13-16(19)4/h1,5-10,13H,2,4,11-12H2,3H3. The molecular weight excluding hydrogens is 240 g/mol. The van der Waals surface area contributed by atoms with Gasteiger partial charge in [0, 0.05) is 5.41 Å². The van der Waals surface area contributed by atoms with Gasteiger partial charge in [-0.1, -0.05) is 60.2 Å². The third-order valence-corrected chi connectivity index (χ3v) is 4.37. The Labute approximate surface area is 122 Å². The Kier molecular flexibility index (Phi) is 3.05. The molecule has 99 valence electrons. The van der Waals surface area contributed by atoms with Crippen LogP contribution in [-0.4, -0.2) is 0 Å². The number of hydrogen-bond donors (Lipinski definition) is 0. The lowest BCUT2D eigenvalue weighted by Gasteiger charge is -2.16. The van der Waals surface area contributed by atoms with Gasteiger partial charge < -0.3 is 0 Å². The molecule has 1 fully saturated rings. The van der Waals surface area contributed by atoms with Gasteiger partial charge in [0.2, 0.25) is 0 Å². The maximum Gasteiger partial charge on any atom is 0.0166 e. The highest BCUT2D eigenvalue weighted by molar-refractivity contribution is 5.69. The summed E-state index contributed by atoms with van der Waals surface area (Å²) in [5.74, 6) is 0. The molecule has 0 bridgehead atoms. The molecule has 0 unspecified atom stereocenters. The van der Waals surface area contributed by atoms with Gasteiger partial charge in [0.15, 0.2) is 0 Å². The SMILES string of the molecule is [CH]=C([CH2])C1(c2ccc(-c3ccc(C)cc3[CH2])cc2)CC1. The van der Waals surface area contributed by atoms with Crippen LogP contribution in [-0.2, 0) is 5.41 Å². The summed E-state index contributed by atoms with van der Waals surface area (Å²) >= 11 is 0. The molecule has 0 heterocycles. The Balaban J connectivity index is 1.96.